The number of nitrogens with zero attached hydrogens (tertiary/aromatic N) is 4. The van der Waals surface area contributed by atoms with Crippen molar-refractivity contribution in [3.63, 3.8) is 0 Å². The summed E-state index contributed by atoms with van der Waals surface area (Å²) in [4.78, 5) is 9.37. The Labute approximate surface area is 113 Å². The lowest BCUT2D eigenvalue weighted by atomic mass is 10.1. The lowest BCUT2D eigenvalue weighted by Gasteiger charge is -2.38. The van der Waals surface area contributed by atoms with Crippen molar-refractivity contribution in [2.24, 2.45) is 5.73 Å². The van der Waals surface area contributed by atoms with Gasteiger partial charge in [-0.3, -0.25) is 4.90 Å². The molecule has 0 aromatic carbocycles. The predicted molar refractivity (Wildman–Crippen MR) is 76.2 cm³/mol. The molecule has 2 rings (SSSR count). The first-order valence-electron chi connectivity index (χ1n) is 6.74. The quantitative estimate of drug-likeness (QED) is 0.867. The number of hydrogen-bond donors (Lipinski definition) is 1. The van der Waals surface area contributed by atoms with Crippen LogP contribution in [0.1, 0.15) is 25.6 Å². The summed E-state index contributed by atoms with van der Waals surface area (Å²) in [6.07, 6.45) is 2.30. The van der Waals surface area contributed by atoms with Crippen LogP contribution >= 0.6 is 11.5 Å². The first-order chi connectivity index (χ1) is 8.74. The molecule has 5 nitrogen and oxygen atoms in total. The van der Waals surface area contributed by atoms with Crippen molar-refractivity contribution in [3.8, 4) is 0 Å². The number of nitrogens with two attached hydrogens (primary N) is 1. The minimum absolute atomic E-state index is 0.647. The highest BCUT2D eigenvalue weighted by molar-refractivity contribution is 7.09. The molecule has 2 N–H and O–H groups in total. The van der Waals surface area contributed by atoms with Gasteiger partial charge in [0.2, 0.25) is 5.13 Å². The molecular weight excluding hydrogens is 246 g/mol. The maximum Gasteiger partial charge on any atom is 0.205 e. The van der Waals surface area contributed by atoms with Gasteiger partial charge >= 0.3 is 0 Å². The normalized spacial score (nSPS) is 19.2. The third-order valence-electron chi connectivity index (χ3n) is 3.59. The number of hydrogen-bond acceptors (Lipinski definition) is 6. The average Bonchev–Trinajstić information content (AvgIpc) is 2.83. The molecule has 1 fully saturated rings. The number of anilines is 1. The fourth-order valence-electron chi connectivity index (χ4n) is 2.53. The maximum atomic E-state index is 5.68. The number of piperazine rings is 1. The third-order valence-corrected chi connectivity index (χ3v) is 4.46. The number of rotatable bonds is 5. The van der Waals surface area contributed by atoms with Gasteiger partial charge in [-0.25, -0.2) is 4.98 Å². The highest BCUT2D eigenvalue weighted by atomic mass is 32.1. The molecule has 1 saturated heterocycles. The zero-order chi connectivity index (χ0) is 13.0. The van der Waals surface area contributed by atoms with Gasteiger partial charge in [0.25, 0.3) is 0 Å². The Hall–Kier alpha value is -0.720. The Kier molecular flexibility index (Phi) is 4.91. The summed E-state index contributed by atoms with van der Waals surface area (Å²) >= 11 is 1.51. The molecule has 0 amide bonds. The second-order valence-electron chi connectivity index (χ2n) is 4.79. The van der Waals surface area contributed by atoms with Crippen LogP contribution in [-0.2, 0) is 0 Å². The van der Waals surface area contributed by atoms with E-state index >= 15 is 0 Å². The summed E-state index contributed by atoms with van der Waals surface area (Å²) in [5.74, 6) is 0.881. The van der Waals surface area contributed by atoms with Gasteiger partial charge in [0.1, 0.15) is 5.82 Å². The summed E-state index contributed by atoms with van der Waals surface area (Å²) in [6, 6.07) is 0.647. The second kappa shape index (κ2) is 6.45. The van der Waals surface area contributed by atoms with Crippen LogP contribution in [0, 0.1) is 6.92 Å². The highest BCUT2D eigenvalue weighted by Crippen LogP contribution is 2.20. The van der Waals surface area contributed by atoms with E-state index in [0.29, 0.717) is 6.04 Å². The minimum atomic E-state index is 0.647. The Morgan fingerprint density at radius 2 is 2.06 bits per heavy atom. The first kappa shape index (κ1) is 13.7. The monoisotopic (exact) mass is 269 g/mol. The van der Waals surface area contributed by atoms with E-state index in [9.17, 15) is 0 Å². The van der Waals surface area contributed by atoms with Crippen molar-refractivity contribution < 1.29 is 0 Å². The van der Waals surface area contributed by atoms with Crippen molar-refractivity contribution in [2.75, 3.05) is 37.6 Å². The Morgan fingerprint density at radius 3 is 2.56 bits per heavy atom. The largest absolute Gasteiger partial charge is 0.344 e. The van der Waals surface area contributed by atoms with Crippen LogP contribution in [0.5, 0.6) is 0 Å². The van der Waals surface area contributed by atoms with E-state index in [4.69, 9.17) is 5.73 Å². The van der Waals surface area contributed by atoms with Crippen LogP contribution in [0.25, 0.3) is 0 Å². The molecule has 1 aromatic rings. The molecule has 1 unspecified atom stereocenters. The maximum absolute atomic E-state index is 5.68. The van der Waals surface area contributed by atoms with E-state index in [1.807, 2.05) is 6.92 Å². The molecule has 0 bridgehead atoms. The zero-order valence-corrected chi connectivity index (χ0v) is 12.1. The topological polar surface area (TPSA) is 58.3 Å². The summed E-state index contributed by atoms with van der Waals surface area (Å²) in [6.45, 7) is 9.30. The van der Waals surface area contributed by atoms with Gasteiger partial charge in [-0.1, -0.05) is 6.92 Å². The molecule has 2 heterocycles. The molecule has 6 heteroatoms. The van der Waals surface area contributed by atoms with Gasteiger partial charge in [-0.15, -0.1) is 0 Å². The van der Waals surface area contributed by atoms with Crippen LogP contribution in [-0.4, -0.2) is 53.0 Å². The molecular formula is C12H23N5S. The van der Waals surface area contributed by atoms with Crippen molar-refractivity contribution >= 4 is 16.7 Å². The number of aryl methyl sites for hydroxylation is 1. The summed E-state index contributed by atoms with van der Waals surface area (Å²) in [5, 5.41) is 1.07. The zero-order valence-electron chi connectivity index (χ0n) is 11.3. The first-order valence-corrected chi connectivity index (χ1v) is 7.51. The summed E-state index contributed by atoms with van der Waals surface area (Å²) in [7, 11) is 0. The van der Waals surface area contributed by atoms with Crippen LogP contribution in [0.15, 0.2) is 0 Å². The van der Waals surface area contributed by atoms with E-state index in [1.165, 1.54) is 18.0 Å². The number of aromatic nitrogens is 2. The third kappa shape index (κ3) is 3.18. The molecule has 1 aliphatic rings. The Balaban J connectivity index is 1.87. The van der Waals surface area contributed by atoms with Crippen molar-refractivity contribution in [1.82, 2.24) is 14.3 Å². The smallest absolute Gasteiger partial charge is 0.205 e. The fraction of sp³-hybridized carbons (Fsp3) is 0.833. The summed E-state index contributed by atoms with van der Waals surface area (Å²) < 4.78 is 4.25. The minimum Gasteiger partial charge on any atom is -0.344 e. The highest BCUT2D eigenvalue weighted by Gasteiger charge is 2.23. The summed E-state index contributed by atoms with van der Waals surface area (Å²) in [5.41, 5.74) is 5.68. The molecule has 0 spiro atoms. The second-order valence-corrected chi connectivity index (χ2v) is 5.52. The SMILES string of the molecule is CCC(CCN)N1CCN(c2nc(C)ns2)CC1. The van der Waals surface area contributed by atoms with Crippen LogP contribution < -0.4 is 10.6 Å². The van der Waals surface area contributed by atoms with Gasteiger partial charge in [-0.2, -0.15) is 4.37 Å². The van der Waals surface area contributed by atoms with Crippen LogP contribution in [0.2, 0.25) is 0 Å². The molecule has 0 saturated carbocycles. The Bertz CT molecular complexity index is 359. The van der Waals surface area contributed by atoms with E-state index < -0.39 is 0 Å². The molecule has 1 aliphatic heterocycles. The van der Waals surface area contributed by atoms with Crippen molar-refractivity contribution in [3.05, 3.63) is 5.82 Å². The molecule has 1 aromatic heterocycles. The van der Waals surface area contributed by atoms with Gasteiger partial charge < -0.3 is 10.6 Å². The molecule has 102 valence electrons. The van der Waals surface area contributed by atoms with Crippen LogP contribution in [0.4, 0.5) is 5.13 Å². The molecule has 18 heavy (non-hydrogen) atoms. The van der Waals surface area contributed by atoms with Gasteiger partial charge in [0.05, 0.1) is 0 Å². The van der Waals surface area contributed by atoms with Crippen molar-refractivity contribution in [2.45, 2.75) is 32.7 Å². The van der Waals surface area contributed by atoms with Crippen molar-refractivity contribution in [1.29, 1.82) is 0 Å². The average molecular weight is 269 g/mol. The lowest BCUT2D eigenvalue weighted by Crippen LogP contribution is -2.50. The lowest BCUT2D eigenvalue weighted by molar-refractivity contribution is 0.173. The predicted octanol–water partition coefficient (Wildman–Crippen LogP) is 1.10. The molecule has 0 aliphatic carbocycles. The fourth-order valence-corrected chi connectivity index (χ4v) is 3.26. The van der Waals surface area contributed by atoms with E-state index in [-0.39, 0.29) is 0 Å². The van der Waals surface area contributed by atoms with Gasteiger partial charge in [-0.05, 0) is 26.3 Å². The van der Waals surface area contributed by atoms with Crippen LogP contribution in [0.3, 0.4) is 0 Å². The van der Waals surface area contributed by atoms with E-state index in [1.54, 1.807) is 0 Å². The standard InChI is InChI=1S/C12H23N5S/c1-3-11(4-5-13)16-6-8-17(9-7-16)12-14-10(2)15-18-12/h11H,3-9,13H2,1-2H3. The Morgan fingerprint density at radius 1 is 1.33 bits per heavy atom. The molecule has 1 atom stereocenters. The van der Waals surface area contributed by atoms with Gasteiger partial charge in [0, 0.05) is 43.8 Å². The van der Waals surface area contributed by atoms with E-state index in [0.717, 1.165) is 50.1 Å². The van der Waals surface area contributed by atoms with E-state index in [2.05, 4.69) is 26.1 Å². The van der Waals surface area contributed by atoms with Gasteiger partial charge in [0.15, 0.2) is 0 Å². The molecule has 0 radical (unpaired) electrons.